The van der Waals surface area contributed by atoms with Gasteiger partial charge in [-0.15, -0.1) is 0 Å². The molecule has 3 rings (SSSR count). The number of nitrogens with zero attached hydrogens (tertiary/aromatic N) is 2. The molecule has 0 saturated carbocycles. The minimum absolute atomic E-state index is 0.0118. The van der Waals surface area contributed by atoms with Crippen molar-refractivity contribution in [3.8, 4) is 17.1 Å². The second-order valence-electron chi connectivity index (χ2n) is 4.90. The van der Waals surface area contributed by atoms with Crippen LogP contribution >= 0.6 is 0 Å². The van der Waals surface area contributed by atoms with E-state index in [0.29, 0.717) is 11.5 Å². The van der Waals surface area contributed by atoms with E-state index in [-0.39, 0.29) is 5.69 Å². The third kappa shape index (κ3) is 2.33. The first kappa shape index (κ1) is 13.2. The lowest BCUT2D eigenvalue weighted by molar-refractivity contribution is 0.0690. The van der Waals surface area contributed by atoms with Gasteiger partial charge in [0.05, 0.1) is 12.0 Å². The molecular formula is C16H14N2O3. The summed E-state index contributed by atoms with van der Waals surface area (Å²) in [6, 6.07) is 11.0. The van der Waals surface area contributed by atoms with Gasteiger partial charge in [-0.05, 0) is 43.2 Å². The summed E-state index contributed by atoms with van der Waals surface area (Å²) in [5.74, 6) is -0.484. The fourth-order valence-corrected chi connectivity index (χ4v) is 2.22. The molecule has 1 N–H and O–H groups in total. The normalized spacial score (nSPS) is 10.8. The molecule has 0 atom stereocenters. The summed E-state index contributed by atoms with van der Waals surface area (Å²) in [6.45, 7) is 3.94. The summed E-state index contributed by atoms with van der Waals surface area (Å²) >= 11 is 0. The average Bonchev–Trinajstić information content (AvgIpc) is 3.09. The number of benzene rings is 1. The van der Waals surface area contributed by atoms with E-state index >= 15 is 0 Å². The Morgan fingerprint density at radius 3 is 2.71 bits per heavy atom. The first-order valence-corrected chi connectivity index (χ1v) is 6.51. The molecule has 0 amide bonds. The molecule has 0 radical (unpaired) electrons. The standard InChI is InChI=1S/C16H14N2O3/c1-10-5-6-11(2)13(8-10)18-14(15-4-3-7-21-15)9-12(17-18)16(19)20/h3-9H,1-2H3,(H,19,20). The van der Waals surface area contributed by atoms with Crippen LogP contribution in [0.2, 0.25) is 0 Å². The van der Waals surface area contributed by atoms with Crippen LogP contribution in [0.3, 0.4) is 0 Å². The molecule has 2 heterocycles. The average molecular weight is 282 g/mol. The lowest BCUT2D eigenvalue weighted by Gasteiger charge is -2.10. The highest BCUT2D eigenvalue weighted by molar-refractivity contribution is 5.87. The van der Waals surface area contributed by atoms with Crippen LogP contribution in [-0.2, 0) is 0 Å². The van der Waals surface area contributed by atoms with Crippen molar-refractivity contribution in [2.24, 2.45) is 0 Å². The predicted octanol–water partition coefficient (Wildman–Crippen LogP) is 3.45. The SMILES string of the molecule is Cc1ccc(C)c(-n2nc(C(=O)O)cc2-c2ccco2)c1. The van der Waals surface area contributed by atoms with Crippen LogP contribution in [0.4, 0.5) is 0 Å². The van der Waals surface area contributed by atoms with Crippen LogP contribution in [0.1, 0.15) is 21.6 Å². The third-order valence-electron chi connectivity index (χ3n) is 3.29. The van der Waals surface area contributed by atoms with E-state index in [4.69, 9.17) is 4.42 Å². The number of hydrogen-bond donors (Lipinski definition) is 1. The van der Waals surface area contributed by atoms with E-state index in [1.165, 1.54) is 6.07 Å². The summed E-state index contributed by atoms with van der Waals surface area (Å²) in [7, 11) is 0. The largest absolute Gasteiger partial charge is 0.476 e. The Kier molecular flexibility index (Phi) is 3.10. The molecule has 0 aliphatic rings. The van der Waals surface area contributed by atoms with Gasteiger partial charge in [0, 0.05) is 6.07 Å². The van der Waals surface area contributed by atoms with Crippen molar-refractivity contribution in [3.05, 3.63) is 59.5 Å². The molecule has 21 heavy (non-hydrogen) atoms. The number of hydrogen-bond acceptors (Lipinski definition) is 3. The molecule has 2 aromatic heterocycles. The van der Waals surface area contributed by atoms with Gasteiger partial charge in [-0.1, -0.05) is 12.1 Å². The zero-order chi connectivity index (χ0) is 15.0. The minimum atomic E-state index is -1.06. The van der Waals surface area contributed by atoms with Crippen LogP contribution < -0.4 is 0 Å². The van der Waals surface area contributed by atoms with Gasteiger partial charge in [-0.2, -0.15) is 5.10 Å². The van der Waals surface area contributed by atoms with Crippen molar-refractivity contribution in [2.45, 2.75) is 13.8 Å². The van der Waals surface area contributed by atoms with Crippen molar-refractivity contribution in [3.63, 3.8) is 0 Å². The maximum absolute atomic E-state index is 11.2. The van der Waals surface area contributed by atoms with Crippen LogP contribution in [0.25, 0.3) is 17.1 Å². The Balaban J connectivity index is 2.26. The zero-order valence-corrected chi connectivity index (χ0v) is 11.7. The number of carboxylic acid groups (broad SMARTS) is 1. The number of carbonyl (C=O) groups is 1. The fourth-order valence-electron chi connectivity index (χ4n) is 2.22. The van der Waals surface area contributed by atoms with Crippen LogP contribution in [0, 0.1) is 13.8 Å². The number of carboxylic acids is 1. The number of furan rings is 1. The topological polar surface area (TPSA) is 68.3 Å². The van der Waals surface area contributed by atoms with Crippen molar-refractivity contribution in [1.82, 2.24) is 9.78 Å². The molecule has 0 bridgehead atoms. The molecule has 3 aromatic rings. The molecule has 0 saturated heterocycles. The molecule has 0 aliphatic heterocycles. The first-order chi connectivity index (χ1) is 10.1. The summed E-state index contributed by atoms with van der Waals surface area (Å²) in [4.78, 5) is 11.2. The Morgan fingerprint density at radius 2 is 2.05 bits per heavy atom. The lowest BCUT2D eigenvalue weighted by Crippen LogP contribution is -2.04. The van der Waals surface area contributed by atoms with E-state index in [9.17, 15) is 9.90 Å². The number of rotatable bonds is 3. The number of aromatic nitrogens is 2. The highest BCUT2D eigenvalue weighted by atomic mass is 16.4. The molecular weight excluding hydrogens is 268 g/mol. The molecule has 1 aromatic carbocycles. The van der Waals surface area contributed by atoms with Gasteiger partial charge in [0.1, 0.15) is 5.69 Å². The molecule has 5 heteroatoms. The van der Waals surface area contributed by atoms with Gasteiger partial charge < -0.3 is 9.52 Å². The van der Waals surface area contributed by atoms with Gasteiger partial charge >= 0.3 is 5.97 Å². The number of aromatic carboxylic acids is 1. The van der Waals surface area contributed by atoms with Crippen molar-refractivity contribution in [1.29, 1.82) is 0 Å². The van der Waals surface area contributed by atoms with E-state index in [2.05, 4.69) is 5.10 Å². The lowest BCUT2D eigenvalue weighted by atomic mass is 10.1. The Labute approximate surface area is 121 Å². The number of aryl methyl sites for hydroxylation is 2. The fraction of sp³-hybridized carbons (Fsp3) is 0.125. The maximum atomic E-state index is 11.2. The predicted molar refractivity (Wildman–Crippen MR) is 77.7 cm³/mol. The summed E-state index contributed by atoms with van der Waals surface area (Å²) in [5.41, 5.74) is 3.53. The zero-order valence-electron chi connectivity index (χ0n) is 11.7. The van der Waals surface area contributed by atoms with Crippen molar-refractivity contribution < 1.29 is 14.3 Å². The minimum Gasteiger partial charge on any atom is -0.476 e. The highest BCUT2D eigenvalue weighted by Gasteiger charge is 2.18. The van der Waals surface area contributed by atoms with E-state index in [1.54, 1.807) is 23.1 Å². The van der Waals surface area contributed by atoms with Gasteiger partial charge in [0.15, 0.2) is 11.5 Å². The van der Waals surface area contributed by atoms with Gasteiger partial charge in [0.2, 0.25) is 0 Å². The summed E-state index contributed by atoms with van der Waals surface area (Å²) in [5, 5.41) is 13.4. The third-order valence-corrected chi connectivity index (χ3v) is 3.29. The van der Waals surface area contributed by atoms with Gasteiger partial charge in [-0.25, -0.2) is 9.48 Å². The molecule has 0 aliphatic carbocycles. The second kappa shape index (κ2) is 4.94. The van der Waals surface area contributed by atoms with E-state index in [0.717, 1.165) is 16.8 Å². The second-order valence-corrected chi connectivity index (χ2v) is 4.90. The van der Waals surface area contributed by atoms with Crippen molar-refractivity contribution in [2.75, 3.05) is 0 Å². The van der Waals surface area contributed by atoms with Crippen LogP contribution in [0.5, 0.6) is 0 Å². The Bertz CT molecular complexity index is 801. The van der Waals surface area contributed by atoms with Gasteiger partial charge in [0.25, 0.3) is 0 Å². The Hall–Kier alpha value is -2.82. The highest BCUT2D eigenvalue weighted by Crippen LogP contribution is 2.26. The first-order valence-electron chi connectivity index (χ1n) is 6.51. The van der Waals surface area contributed by atoms with E-state index in [1.807, 2.05) is 32.0 Å². The molecule has 106 valence electrons. The molecule has 0 unspecified atom stereocenters. The van der Waals surface area contributed by atoms with Crippen molar-refractivity contribution >= 4 is 5.97 Å². The quantitative estimate of drug-likeness (QED) is 0.799. The van der Waals surface area contributed by atoms with Crippen LogP contribution in [0.15, 0.2) is 47.1 Å². The van der Waals surface area contributed by atoms with Gasteiger partial charge in [-0.3, -0.25) is 0 Å². The summed E-state index contributed by atoms with van der Waals surface area (Å²) < 4.78 is 7.01. The molecule has 5 nitrogen and oxygen atoms in total. The van der Waals surface area contributed by atoms with E-state index < -0.39 is 5.97 Å². The smallest absolute Gasteiger partial charge is 0.356 e. The van der Waals surface area contributed by atoms with Crippen LogP contribution in [-0.4, -0.2) is 20.9 Å². The molecule has 0 fully saturated rings. The monoisotopic (exact) mass is 282 g/mol. The Morgan fingerprint density at radius 1 is 1.24 bits per heavy atom. The maximum Gasteiger partial charge on any atom is 0.356 e. The molecule has 0 spiro atoms. The summed E-state index contributed by atoms with van der Waals surface area (Å²) in [6.07, 6.45) is 1.55.